The highest BCUT2D eigenvalue weighted by Gasteiger charge is 2.45. The van der Waals surface area contributed by atoms with Crippen LogP contribution < -0.4 is 5.32 Å². The summed E-state index contributed by atoms with van der Waals surface area (Å²) in [5.74, 6) is -0.944. The summed E-state index contributed by atoms with van der Waals surface area (Å²) in [6, 6.07) is 22.0. The van der Waals surface area contributed by atoms with Crippen LogP contribution >= 0.6 is 11.6 Å². The second-order valence-corrected chi connectivity index (χ2v) is 9.15. The number of halogens is 1. The number of hydrogen-bond acceptors (Lipinski definition) is 3. The average Bonchev–Trinajstić information content (AvgIpc) is 3.19. The van der Waals surface area contributed by atoms with E-state index >= 15 is 0 Å². The van der Waals surface area contributed by atoms with Gasteiger partial charge in [-0.1, -0.05) is 54.1 Å². The van der Waals surface area contributed by atoms with Gasteiger partial charge in [0.25, 0.3) is 5.91 Å². The molecule has 0 radical (unpaired) electrons. The summed E-state index contributed by atoms with van der Waals surface area (Å²) >= 11 is 6.17. The standard InChI is InChI=1S/C28H26ClN3O3/c1-31-17-23(20-10-5-6-13-24(20)31)26-25(27(33)30-19-9-7-8-18(29)16-19)21-11-3-4-12-22(21)28(34)32(26)14-15-35-2/h3-13,16-17,25-26H,14-15H2,1-2H3,(H,30,33)/t25-,26-/m1/s1. The van der Waals surface area contributed by atoms with E-state index in [0.29, 0.717) is 35.0 Å². The molecule has 0 bridgehead atoms. The van der Waals surface area contributed by atoms with Gasteiger partial charge >= 0.3 is 0 Å². The average molecular weight is 488 g/mol. The zero-order valence-electron chi connectivity index (χ0n) is 19.6. The molecule has 3 aromatic carbocycles. The number of para-hydroxylation sites is 1. The Balaban J connectivity index is 1.70. The van der Waals surface area contributed by atoms with Crippen molar-refractivity contribution in [2.24, 2.45) is 7.05 Å². The summed E-state index contributed by atoms with van der Waals surface area (Å²) < 4.78 is 7.39. The van der Waals surface area contributed by atoms with Crippen LogP contribution in [0, 0.1) is 0 Å². The molecule has 1 aliphatic rings. The van der Waals surface area contributed by atoms with Crippen molar-refractivity contribution in [1.82, 2.24) is 9.47 Å². The first-order valence-electron chi connectivity index (χ1n) is 11.5. The minimum Gasteiger partial charge on any atom is -0.383 e. The number of fused-ring (bicyclic) bond motifs is 2. The molecule has 5 rings (SSSR count). The van der Waals surface area contributed by atoms with Crippen LogP contribution in [0.1, 0.15) is 33.4 Å². The van der Waals surface area contributed by atoms with E-state index < -0.39 is 12.0 Å². The number of anilines is 1. The van der Waals surface area contributed by atoms with Crippen LogP contribution in [0.4, 0.5) is 5.69 Å². The molecule has 1 aromatic heterocycles. The van der Waals surface area contributed by atoms with E-state index in [2.05, 4.69) is 5.32 Å². The summed E-state index contributed by atoms with van der Waals surface area (Å²) in [5, 5.41) is 4.59. The number of aromatic nitrogens is 1. The molecule has 6 nitrogen and oxygen atoms in total. The van der Waals surface area contributed by atoms with E-state index in [1.165, 1.54) is 0 Å². The molecule has 0 unspecified atom stereocenters. The first-order valence-corrected chi connectivity index (χ1v) is 11.9. The van der Waals surface area contributed by atoms with E-state index in [1.54, 1.807) is 42.3 Å². The molecule has 0 aliphatic carbocycles. The third kappa shape index (κ3) is 4.20. The van der Waals surface area contributed by atoms with Crippen LogP contribution in [0.15, 0.2) is 79.0 Å². The summed E-state index contributed by atoms with van der Waals surface area (Å²) in [6.07, 6.45) is 2.02. The number of ether oxygens (including phenoxy) is 1. The van der Waals surface area contributed by atoms with Crippen molar-refractivity contribution < 1.29 is 14.3 Å². The Labute approximate surface area is 209 Å². The van der Waals surface area contributed by atoms with Crippen molar-refractivity contribution in [3.63, 3.8) is 0 Å². The SMILES string of the molecule is COCCN1C(=O)c2ccccc2[C@@H](C(=O)Nc2cccc(Cl)c2)[C@H]1c1cn(C)c2ccccc12. The van der Waals surface area contributed by atoms with E-state index in [4.69, 9.17) is 16.3 Å². The van der Waals surface area contributed by atoms with Gasteiger partial charge in [-0.15, -0.1) is 0 Å². The summed E-state index contributed by atoms with van der Waals surface area (Å²) in [4.78, 5) is 29.5. The maximum absolute atomic E-state index is 14.0. The molecule has 0 saturated carbocycles. The minimum absolute atomic E-state index is 0.109. The fourth-order valence-electron chi connectivity index (χ4n) is 5.05. The van der Waals surface area contributed by atoms with Crippen molar-refractivity contribution in [1.29, 1.82) is 0 Å². The number of rotatable bonds is 6. The molecule has 7 heteroatoms. The zero-order valence-corrected chi connectivity index (χ0v) is 20.3. The van der Waals surface area contributed by atoms with Crippen molar-refractivity contribution in [2.45, 2.75) is 12.0 Å². The number of nitrogens with zero attached hydrogens (tertiary/aromatic N) is 2. The lowest BCUT2D eigenvalue weighted by atomic mass is 9.79. The van der Waals surface area contributed by atoms with E-state index in [-0.39, 0.29) is 11.8 Å². The Hall–Kier alpha value is -3.61. The summed E-state index contributed by atoms with van der Waals surface area (Å²) in [6.45, 7) is 0.719. The maximum atomic E-state index is 14.0. The maximum Gasteiger partial charge on any atom is 0.254 e. The smallest absolute Gasteiger partial charge is 0.254 e. The summed E-state index contributed by atoms with van der Waals surface area (Å²) in [7, 11) is 3.59. The Bertz CT molecular complexity index is 1410. The van der Waals surface area contributed by atoms with Crippen LogP contribution in [0.3, 0.4) is 0 Å². The van der Waals surface area contributed by atoms with Gasteiger partial charge in [0.1, 0.15) is 0 Å². The number of carbonyl (C=O) groups excluding carboxylic acids is 2. The van der Waals surface area contributed by atoms with Gasteiger partial charge in [0.15, 0.2) is 0 Å². The Morgan fingerprint density at radius 3 is 2.60 bits per heavy atom. The van der Waals surface area contributed by atoms with Gasteiger partial charge < -0.3 is 19.5 Å². The number of nitrogens with one attached hydrogen (secondary N) is 1. The van der Waals surface area contributed by atoms with Gasteiger partial charge in [0.05, 0.1) is 18.6 Å². The van der Waals surface area contributed by atoms with E-state index in [9.17, 15) is 9.59 Å². The molecule has 178 valence electrons. The minimum atomic E-state index is -0.634. The van der Waals surface area contributed by atoms with Crippen LogP contribution in [0.25, 0.3) is 10.9 Å². The Kier molecular flexibility index (Phi) is 6.32. The van der Waals surface area contributed by atoms with Crippen molar-refractivity contribution in [3.05, 3.63) is 101 Å². The van der Waals surface area contributed by atoms with Crippen molar-refractivity contribution in [2.75, 3.05) is 25.6 Å². The topological polar surface area (TPSA) is 63.6 Å². The molecule has 2 heterocycles. The molecule has 0 fully saturated rings. The number of carbonyl (C=O) groups is 2. The molecule has 2 atom stereocenters. The van der Waals surface area contributed by atoms with E-state index in [0.717, 1.165) is 16.5 Å². The lowest BCUT2D eigenvalue weighted by Gasteiger charge is -2.41. The Morgan fingerprint density at radius 2 is 1.80 bits per heavy atom. The highest BCUT2D eigenvalue weighted by molar-refractivity contribution is 6.30. The fraction of sp³-hybridized carbons (Fsp3) is 0.214. The lowest BCUT2D eigenvalue weighted by Crippen LogP contribution is -2.47. The molecule has 1 N–H and O–H groups in total. The predicted molar refractivity (Wildman–Crippen MR) is 138 cm³/mol. The van der Waals surface area contributed by atoms with Gasteiger partial charge in [0.2, 0.25) is 5.91 Å². The third-order valence-electron chi connectivity index (χ3n) is 6.60. The number of methoxy groups -OCH3 is 1. The van der Waals surface area contributed by atoms with Gasteiger partial charge in [-0.05, 0) is 35.9 Å². The number of hydrogen-bond donors (Lipinski definition) is 1. The molecule has 1 aliphatic heterocycles. The van der Waals surface area contributed by atoms with Gasteiger partial charge in [-0.2, -0.15) is 0 Å². The van der Waals surface area contributed by atoms with E-state index in [1.807, 2.05) is 60.3 Å². The Morgan fingerprint density at radius 1 is 1.03 bits per heavy atom. The molecule has 0 saturated heterocycles. The van der Waals surface area contributed by atoms with Crippen molar-refractivity contribution in [3.8, 4) is 0 Å². The molecule has 2 amide bonds. The number of amides is 2. The molecular weight excluding hydrogens is 462 g/mol. The third-order valence-corrected chi connectivity index (χ3v) is 6.83. The number of aryl methyl sites for hydroxylation is 1. The lowest BCUT2D eigenvalue weighted by molar-refractivity contribution is -0.119. The fourth-order valence-corrected chi connectivity index (χ4v) is 5.24. The molecule has 35 heavy (non-hydrogen) atoms. The second-order valence-electron chi connectivity index (χ2n) is 8.71. The molecule has 0 spiro atoms. The summed E-state index contributed by atoms with van der Waals surface area (Å²) in [5.41, 5.74) is 3.81. The van der Waals surface area contributed by atoms with Crippen LogP contribution in [0.5, 0.6) is 0 Å². The largest absolute Gasteiger partial charge is 0.383 e. The van der Waals surface area contributed by atoms with Gasteiger partial charge in [-0.25, -0.2) is 0 Å². The predicted octanol–water partition coefficient (Wildman–Crippen LogP) is 5.40. The molecule has 4 aromatic rings. The highest BCUT2D eigenvalue weighted by atomic mass is 35.5. The second kappa shape index (κ2) is 9.56. The van der Waals surface area contributed by atoms with Crippen molar-refractivity contribution >= 4 is 40.0 Å². The number of benzene rings is 3. The molecular formula is C28H26ClN3O3. The normalized spacial score (nSPS) is 17.5. The first-order chi connectivity index (χ1) is 17.0. The highest BCUT2D eigenvalue weighted by Crippen LogP contribution is 2.45. The monoisotopic (exact) mass is 487 g/mol. The van der Waals surface area contributed by atoms with Crippen LogP contribution in [-0.2, 0) is 16.6 Å². The van der Waals surface area contributed by atoms with Crippen LogP contribution in [-0.4, -0.2) is 41.5 Å². The zero-order chi connectivity index (χ0) is 24.5. The van der Waals surface area contributed by atoms with Gasteiger partial charge in [0, 0.05) is 59.6 Å². The van der Waals surface area contributed by atoms with Gasteiger partial charge in [-0.3, -0.25) is 9.59 Å². The van der Waals surface area contributed by atoms with Crippen LogP contribution in [0.2, 0.25) is 5.02 Å². The quantitative estimate of drug-likeness (QED) is 0.396. The first kappa shape index (κ1) is 23.1.